The predicted octanol–water partition coefficient (Wildman–Crippen LogP) is 3.14. The van der Waals surface area contributed by atoms with E-state index >= 15 is 0 Å². The normalized spacial score (nSPS) is 12.9. The van der Waals surface area contributed by atoms with Crippen LogP contribution in [0.3, 0.4) is 0 Å². The Bertz CT molecular complexity index is 447. The van der Waals surface area contributed by atoms with Gasteiger partial charge in [-0.05, 0) is 49.7 Å². The molecule has 5 nitrogen and oxygen atoms in total. The first kappa shape index (κ1) is 14.8. The van der Waals surface area contributed by atoms with Crippen LogP contribution in [0.5, 0.6) is 0 Å². The fourth-order valence-electron chi connectivity index (χ4n) is 1.22. The lowest BCUT2D eigenvalue weighted by molar-refractivity contribution is 0.0494. The Morgan fingerprint density at radius 3 is 2.50 bits per heavy atom. The molecule has 0 aliphatic heterocycles. The summed E-state index contributed by atoms with van der Waals surface area (Å²) in [5.74, 6) is -0.142. The van der Waals surface area contributed by atoms with E-state index in [-0.39, 0.29) is 11.5 Å². The smallest absolute Gasteiger partial charge is 0.408 e. The van der Waals surface area contributed by atoms with E-state index in [2.05, 4.69) is 21.2 Å². The van der Waals surface area contributed by atoms with Gasteiger partial charge in [-0.3, -0.25) is 4.79 Å². The summed E-state index contributed by atoms with van der Waals surface area (Å²) in [5.41, 5.74) is -0.599. The van der Waals surface area contributed by atoms with E-state index in [0.29, 0.717) is 4.47 Å². The van der Waals surface area contributed by atoms with Crippen LogP contribution < -0.4 is 5.32 Å². The van der Waals surface area contributed by atoms with Gasteiger partial charge in [-0.25, -0.2) is 4.79 Å². The molecule has 100 valence electrons. The molecule has 0 unspecified atom stereocenters. The molecule has 0 aliphatic carbocycles. The van der Waals surface area contributed by atoms with Gasteiger partial charge in [0.05, 0.1) is 16.8 Å². The summed E-state index contributed by atoms with van der Waals surface area (Å²) in [7, 11) is 0. The van der Waals surface area contributed by atoms with Crippen molar-refractivity contribution in [2.45, 2.75) is 39.3 Å². The molecule has 1 heterocycles. The van der Waals surface area contributed by atoms with Crippen LogP contribution in [-0.2, 0) is 4.74 Å². The number of ether oxygens (including phenoxy) is 1. The predicted molar refractivity (Wildman–Crippen MR) is 69.6 cm³/mol. The molecule has 1 N–H and O–H groups in total. The molecule has 0 radical (unpaired) electrons. The fraction of sp³-hybridized carbons (Fsp3) is 0.500. The van der Waals surface area contributed by atoms with Crippen molar-refractivity contribution in [3.63, 3.8) is 0 Å². The van der Waals surface area contributed by atoms with Gasteiger partial charge in [0, 0.05) is 0 Å². The molecule has 0 spiro atoms. The summed E-state index contributed by atoms with van der Waals surface area (Å²) < 4.78 is 10.7. The second-order valence-corrected chi connectivity index (χ2v) is 5.68. The van der Waals surface area contributed by atoms with Gasteiger partial charge in [-0.2, -0.15) is 0 Å². The standard InChI is InChI=1S/C12H16BrNO4/c1-7(14-11(16)18-12(2,3)4)9(15)10-8(13)5-6-17-10/h5-7H,1-4H3,(H,14,16)/t7-/m1/s1. The Morgan fingerprint density at radius 2 is 2.06 bits per heavy atom. The molecule has 1 aromatic heterocycles. The largest absolute Gasteiger partial charge is 0.460 e. The second-order valence-electron chi connectivity index (χ2n) is 4.83. The van der Waals surface area contributed by atoms with E-state index in [1.165, 1.54) is 6.26 Å². The number of carbonyl (C=O) groups excluding carboxylic acids is 2. The number of carbonyl (C=O) groups is 2. The van der Waals surface area contributed by atoms with Crippen LogP contribution in [0, 0.1) is 0 Å². The minimum absolute atomic E-state index is 0.179. The minimum atomic E-state index is -0.720. The zero-order chi connectivity index (χ0) is 13.9. The molecular weight excluding hydrogens is 302 g/mol. The van der Waals surface area contributed by atoms with E-state index < -0.39 is 17.7 Å². The highest BCUT2D eigenvalue weighted by Gasteiger charge is 2.24. The lowest BCUT2D eigenvalue weighted by atomic mass is 10.2. The maximum Gasteiger partial charge on any atom is 0.408 e. The van der Waals surface area contributed by atoms with E-state index in [9.17, 15) is 9.59 Å². The zero-order valence-electron chi connectivity index (χ0n) is 10.7. The van der Waals surface area contributed by atoms with Crippen molar-refractivity contribution in [1.29, 1.82) is 0 Å². The number of amides is 1. The molecule has 0 bridgehead atoms. The van der Waals surface area contributed by atoms with E-state index in [1.807, 2.05) is 0 Å². The number of halogens is 1. The Morgan fingerprint density at radius 1 is 1.44 bits per heavy atom. The topological polar surface area (TPSA) is 68.5 Å². The van der Waals surface area contributed by atoms with Crippen molar-refractivity contribution < 1.29 is 18.7 Å². The number of nitrogens with one attached hydrogen (secondary N) is 1. The van der Waals surface area contributed by atoms with Gasteiger partial charge in [0.25, 0.3) is 0 Å². The van der Waals surface area contributed by atoms with Crippen molar-refractivity contribution in [2.24, 2.45) is 0 Å². The number of hydrogen-bond donors (Lipinski definition) is 1. The summed E-state index contributed by atoms with van der Waals surface area (Å²) in [6.45, 7) is 6.83. The molecule has 6 heteroatoms. The maximum atomic E-state index is 11.9. The van der Waals surface area contributed by atoms with Crippen molar-refractivity contribution in [3.05, 3.63) is 22.6 Å². The quantitative estimate of drug-likeness (QED) is 0.869. The van der Waals surface area contributed by atoms with E-state index in [1.54, 1.807) is 33.8 Å². The van der Waals surface area contributed by atoms with Gasteiger partial charge in [-0.15, -0.1) is 0 Å². The Balaban J connectivity index is 2.61. The first-order chi connectivity index (χ1) is 8.20. The van der Waals surface area contributed by atoms with Crippen LogP contribution in [0.1, 0.15) is 38.2 Å². The number of Topliss-reactive ketones (excluding diaryl/α,β-unsaturated/α-hetero) is 1. The van der Waals surface area contributed by atoms with Crippen LogP contribution in [-0.4, -0.2) is 23.5 Å². The Labute approximate surface area is 114 Å². The summed E-state index contributed by atoms with van der Waals surface area (Å²) in [6.07, 6.45) is 0.767. The highest BCUT2D eigenvalue weighted by Crippen LogP contribution is 2.19. The van der Waals surface area contributed by atoms with Gasteiger partial charge in [0.2, 0.25) is 5.78 Å². The highest BCUT2D eigenvalue weighted by molar-refractivity contribution is 9.10. The van der Waals surface area contributed by atoms with Gasteiger partial charge < -0.3 is 14.5 Å². The third kappa shape index (κ3) is 4.18. The van der Waals surface area contributed by atoms with E-state index in [4.69, 9.17) is 9.15 Å². The zero-order valence-corrected chi connectivity index (χ0v) is 12.3. The average Bonchev–Trinajstić information content (AvgIpc) is 2.60. The van der Waals surface area contributed by atoms with Crippen LogP contribution in [0.4, 0.5) is 4.79 Å². The number of ketones is 1. The average molecular weight is 318 g/mol. The third-order valence-corrected chi connectivity index (χ3v) is 2.59. The molecule has 0 saturated heterocycles. The van der Waals surface area contributed by atoms with Crippen molar-refractivity contribution in [3.8, 4) is 0 Å². The van der Waals surface area contributed by atoms with Crippen molar-refractivity contribution in [2.75, 3.05) is 0 Å². The summed E-state index contributed by atoms with van der Waals surface area (Å²) in [6, 6.07) is 0.898. The molecule has 1 amide bonds. The molecule has 0 fully saturated rings. The van der Waals surface area contributed by atoms with Gasteiger partial charge in [-0.1, -0.05) is 0 Å². The molecular formula is C12H16BrNO4. The molecule has 1 rings (SSSR count). The summed E-state index contributed by atoms with van der Waals surface area (Å²) in [5, 5.41) is 2.46. The van der Waals surface area contributed by atoms with Crippen molar-refractivity contribution in [1.82, 2.24) is 5.32 Å². The Kier molecular flexibility index (Phi) is 4.56. The monoisotopic (exact) mass is 317 g/mol. The number of rotatable bonds is 3. The molecule has 0 aliphatic rings. The first-order valence-corrected chi connectivity index (χ1v) is 6.27. The third-order valence-electron chi connectivity index (χ3n) is 1.97. The molecule has 0 saturated carbocycles. The summed E-state index contributed by atoms with van der Waals surface area (Å²) in [4.78, 5) is 23.4. The minimum Gasteiger partial charge on any atom is -0.460 e. The van der Waals surface area contributed by atoms with Crippen LogP contribution in [0.15, 0.2) is 21.2 Å². The molecule has 0 aromatic carbocycles. The molecule has 1 atom stereocenters. The molecule has 18 heavy (non-hydrogen) atoms. The SMILES string of the molecule is C[C@@H](NC(=O)OC(C)(C)C)C(=O)c1occc1Br. The van der Waals surface area contributed by atoms with E-state index in [0.717, 1.165) is 0 Å². The number of hydrogen-bond acceptors (Lipinski definition) is 4. The Hall–Kier alpha value is -1.30. The van der Waals surface area contributed by atoms with Crippen LogP contribution >= 0.6 is 15.9 Å². The summed E-state index contributed by atoms with van der Waals surface area (Å²) >= 11 is 3.19. The number of furan rings is 1. The highest BCUT2D eigenvalue weighted by atomic mass is 79.9. The fourth-order valence-corrected chi connectivity index (χ4v) is 1.61. The van der Waals surface area contributed by atoms with Crippen LogP contribution in [0.2, 0.25) is 0 Å². The second kappa shape index (κ2) is 5.56. The molecule has 1 aromatic rings. The van der Waals surface area contributed by atoms with Gasteiger partial charge >= 0.3 is 6.09 Å². The van der Waals surface area contributed by atoms with Gasteiger partial charge in [0.15, 0.2) is 5.76 Å². The van der Waals surface area contributed by atoms with Crippen LogP contribution in [0.25, 0.3) is 0 Å². The lowest BCUT2D eigenvalue weighted by Gasteiger charge is -2.21. The number of alkyl carbamates (subject to hydrolysis) is 1. The first-order valence-electron chi connectivity index (χ1n) is 5.47. The van der Waals surface area contributed by atoms with Crippen molar-refractivity contribution >= 4 is 27.8 Å². The maximum absolute atomic E-state index is 11.9. The lowest BCUT2D eigenvalue weighted by Crippen LogP contribution is -2.41. The van der Waals surface area contributed by atoms with Gasteiger partial charge in [0.1, 0.15) is 5.60 Å².